The number of rotatable bonds is 4. The summed E-state index contributed by atoms with van der Waals surface area (Å²) in [4.78, 5) is 12.1. The topological polar surface area (TPSA) is 41.1 Å². The van der Waals surface area contributed by atoms with Gasteiger partial charge in [-0.15, -0.1) is 0 Å². The molecule has 20 heavy (non-hydrogen) atoms. The van der Waals surface area contributed by atoms with Crippen molar-refractivity contribution in [1.82, 2.24) is 5.32 Å². The van der Waals surface area contributed by atoms with E-state index in [4.69, 9.17) is 11.6 Å². The lowest BCUT2D eigenvalue weighted by Gasteiger charge is -2.10. The molecule has 0 aliphatic rings. The van der Waals surface area contributed by atoms with Gasteiger partial charge in [-0.1, -0.05) is 29.8 Å². The van der Waals surface area contributed by atoms with Crippen molar-refractivity contribution >= 4 is 23.2 Å². The molecule has 0 atom stereocenters. The van der Waals surface area contributed by atoms with E-state index >= 15 is 0 Å². The molecule has 0 heterocycles. The molecule has 0 unspecified atom stereocenters. The minimum absolute atomic E-state index is 0.0485. The van der Waals surface area contributed by atoms with Crippen molar-refractivity contribution in [2.75, 3.05) is 12.4 Å². The predicted octanol–water partition coefficient (Wildman–Crippen LogP) is 3.45. The zero-order chi connectivity index (χ0) is 14.5. The van der Waals surface area contributed by atoms with Gasteiger partial charge in [-0.2, -0.15) is 0 Å². The number of carbonyl (C=O) groups is 1. The number of nitrogens with one attached hydrogen (secondary N) is 2. The largest absolute Gasteiger partial charge is 0.387 e. The van der Waals surface area contributed by atoms with Crippen molar-refractivity contribution in [3.8, 4) is 0 Å². The molecule has 1 amide bonds. The van der Waals surface area contributed by atoms with Crippen LogP contribution in [0.1, 0.15) is 15.9 Å². The average molecular weight is 293 g/mol. The Labute approximate surface area is 121 Å². The van der Waals surface area contributed by atoms with Crippen LogP contribution in [0.3, 0.4) is 0 Å². The Kier molecular flexibility index (Phi) is 4.58. The lowest BCUT2D eigenvalue weighted by atomic mass is 10.1. The van der Waals surface area contributed by atoms with E-state index in [1.54, 1.807) is 25.2 Å². The first-order valence-corrected chi connectivity index (χ1v) is 6.48. The second kappa shape index (κ2) is 6.39. The Hall–Kier alpha value is -2.07. The van der Waals surface area contributed by atoms with E-state index in [0.29, 0.717) is 5.56 Å². The fourth-order valence-electron chi connectivity index (χ4n) is 1.83. The van der Waals surface area contributed by atoms with Crippen molar-refractivity contribution < 1.29 is 9.18 Å². The van der Waals surface area contributed by atoms with Crippen molar-refractivity contribution in [3.63, 3.8) is 0 Å². The molecule has 0 saturated heterocycles. The highest BCUT2D eigenvalue weighted by atomic mass is 35.5. The molecule has 0 aromatic heterocycles. The molecule has 0 aliphatic carbocycles. The highest BCUT2D eigenvalue weighted by molar-refractivity contribution is 6.30. The number of para-hydroxylation sites is 1. The van der Waals surface area contributed by atoms with E-state index in [1.165, 1.54) is 12.1 Å². The summed E-state index contributed by atoms with van der Waals surface area (Å²) >= 11 is 5.70. The minimum Gasteiger partial charge on any atom is -0.387 e. The van der Waals surface area contributed by atoms with Gasteiger partial charge in [-0.3, -0.25) is 4.79 Å². The van der Waals surface area contributed by atoms with E-state index in [0.717, 1.165) is 11.3 Å². The number of carbonyl (C=O) groups excluding carboxylic acids is 1. The zero-order valence-electron chi connectivity index (χ0n) is 10.9. The van der Waals surface area contributed by atoms with Gasteiger partial charge in [0.05, 0.1) is 10.6 Å². The zero-order valence-corrected chi connectivity index (χ0v) is 11.7. The van der Waals surface area contributed by atoms with E-state index in [1.807, 2.05) is 12.1 Å². The molecule has 0 radical (unpaired) electrons. The molecule has 0 bridgehead atoms. The van der Waals surface area contributed by atoms with E-state index in [2.05, 4.69) is 10.6 Å². The molecule has 5 heteroatoms. The number of hydrogen-bond acceptors (Lipinski definition) is 2. The van der Waals surface area contributed by atoms with Gasteiger partial charge in [0.15, 0.2) is 0 Å². The predicted molar refractivity (Wildman–Crippen MR) is 78.6 cm³/mol. The molecule has 2 aromatic rings. The van der Waals surface area contributed by atoms with Crippen molar-refractivity contribution in [1.29, 1.82) is 0 Å². The van der Waals surface area contributed by atoms with Gasteiger partial charge in [0.25, 0.3) is 5.91 Å². The molecule has 104 valence electrons. The maximum absolute atomic E-state index is 13.0. The summed E-state index contributed by atoms with van der Waals surface area (Å²) in [6, 6.07) is 11.6. The molecule has 2 rings (SSSR count). The summed E-state index contributed by atoms with van der Waals surface area (Å²) < 4.78 is 13.0. The molecular formula is C15H14ClFN2O. The van der Waals surface area contributed by atoms with Crippen molar-refractivity contribution in [3.05, 3.63) is 64.4 Å². The maximum Gasteiger partial charge on any atom is 0.253 e. The number of benzene rings is 2. The molecule has 0 aliphatic heterocycles. The molecule has 0 fully saturated rings. The van der Waals surface area contributed by atoms with Crippen LogP contribution >= 0.6 is 11.6 Å². The Morgan fingerprint density at radius 1 is 1.25 bits per heavy atom. The van der Waals surface area contributed by atoms with Gasteiger partial charge in [0.2, 0.25) is 0 Å². The third-order valence-electron chi connectivity index (χ3n) is 2.88. The van der Waals surface area contributed by atoms with Crippen LogP contribution < -0.4 is 10.6 Å². The third kappa shape index (κ3) is 3.27. The Bertz CT molecular complexity index is 631. The first kappa shape index (κ1) is 14.3. The van der Waals surface area contributed by atoms with E-state index in [-0.39, 0.29) is 17.5 Å². The van der Waals surface area contributed by atoms with Crippen LogP contribution in [0.5, 0.6) is 0 Å². The highest BCUT2D eigenvalue weighted by Gasteiger charge is 2.09. The summed E-state index contributed by atoms with van der Waals surface area (Å²) in [5.74, 6) is -0.669. The lowest BCUT2D eigenvalue weighted by Crippen LogP contribution is -2.23. The van der Waals surface area contributed by atoms with Crippen LogP contribution in [0.15, 0.2) is 42.5 Å². The summed E-state index contributed by atoms with van der Waals surface area (Å²) in [6.07, 6.45) is 0. The second-order valence-electron chi connectivity index (χ2n) is 4.23. The maximum atomic E-state index is 13.0. The fraction of sp³-hybridized carbons (Fsp3) is 0.133. The van der Waals surface area contributed by atoms with Crippen molar-refractivity contribution in [2.24, 2.45) is 0 Å². The van der Waals surface area contributed by atoms with Gasteiger partial charge < -0.3 is 10.6 Å². The minimum atomic E-state index is -0.470. The van der Waals surface area contributed by atoms with Gasteiger partial charge in [-0.25, -0.2) is 4.39 Å². The van der Waals surface area contributed by atoms with Gasteiger partial charge >= 0.3 is 0 Å². The Balaban J connectivity index is 2.06. The third-order valence-corrected chi connectivity index (χ3v) is 3.17. The van der Waals surface area contributed by atoms with Crippen LogP contribution in [-0.4, -0.2) is 13.0 Å². The first-order valence-electron chi connectivity index (χ1n) is 6.10. The molecule has 0 saturated carbocycles. The normalized spacial score (nSPS) is 10.2. The van der Waals surface area contributed by atoms with Crippen LogP contribution in [0.2, 0.25) is 5.02 Å². The summed E-state index contributed by atoms with van der Waals surface area (Å²) in [5.41, 5.74) is 2.05. The van der Waals surface area contributed by atoms with Gasteiger partial charge in [0, 0.05) is 19.3 Å². The van der Waals surface area contributed by atoms with Gasteiger partial charge in [0.1, 0.15) is 5.82 Å². The number of halogens is 2. The number of amides is 1. The molecule has 2 aromatic carbocycles. The molecular weight excluding hydrogens is 279 g/mol. The fourth-order valence-corrected chi connectivity index (χ4v) is 2.03. The van der Waals surface area contributed by atoms with Crippen LogP contribution in [0.25, 0.3) is 0 Å². The van der Waals surface area contributed by atoms with Crippen LogP contribution in [-0.2, 0) is 6.54 Å². The van der Waals surface area contributed by atoms with Crippen molar-refractivity contribution in [2.45, 2.75) is 6.54 Å². The smallest absolute Gasteiger partial charge is 0.253 e. The summed E-state index contributed by atoms with van der Waals surface area (Å²) in [7, 11) is 1.76. The SMILES string of the molecule is CNc1ccccc1C(=O)NCc1ccc(F)c(Cl)c1. The Morgan fingerprint density at radius 2 is 2.00 bits per heavy atom. The summed E-state index contributed by atoms with van der Waals surface area (Å²) in [5, 5.41) is 5.78. The first-order chi connectivity index (χ1) is 9.61. The number of hydrogen-bond donors (Lipinski definition) is 2. The number of anilines is 1. The lowest BCUT2D eigenvalue weighted by molar-refractivity contribution is 0.0951. The van der Waals surface area contributed by atoms with E-state index in [9.17, 15) is 9.18 Å². The summed E-state index contributed by atoms with van der Waals surface area (Å²) in [6.45, 7) is 0.289. The molecule has 2 N–H and O–H groups in total. The highest BCUT2D eigenvalue weighted by Crippen LogP contribution is 2.17. The van der Waals surface area contributed by atoms with Crippen LogP contribution in [0.4, 0.5) is 10.1 Å². The van der Waals surface area contributed by atoms with E-state index < -0.39 is 5.82 Å². The second-order valence-corrected chi connectivity index (χ2v) is 4.63. The monoisotopic (exact) mass is 292 g/mol. The van der Waals surface area contributed by atoms with Gasteiger partial charge in [-0.05, 0) is 29.8 Å². The quantitative estimate of drug-likeness (QED) is 0.906. The standard InChI is InChI=1S/C15H14ClFN2O/c1-18-14-5-3-2-4-11(14)15(20)19-9-10-6-7-13(17)12(16)8-10/h2-8,18H,9H2,1H3,(H,19,20). The molecule has 3 nitrogen and oxygen atoms in total. The molecule has 0 spiro atoms. The van der Waals surface area contributed by atoms with Crippen LogP contribution in [0, 0.1) is 5.82 Å². The average Bonchev–Trinajstić information content (AvgIpc) is 2.48. The Morgan fingerprint density at radius 3 is 2.70 bits per heavy atom.